The Morgan fingerprint density at radius 1 is 1.17 bits per heavy atom. The summed E-state index contributed by atoms with van der Waals surface area (Å²) in [6.45, 7) is 5.06. The molecule has 1 saturated heterocycles. The molecular formula is C23H25N3O3S. The molecule has 0 unspecified atom stereocenters. The number of nitrogens with zero attached hydrogens (tertiary/aromatic N) is 1. The molecule has 0 aliphatic carbocycles. The largest absolute Gasteiger partial charge is 0.379 e. The number of fused-ring (bicyclic) bond motifs is 1. The van der Waals surface area contributed by atoms with E-state index in [1.807, 2.05) is 42.5 Å². The van der Waals surface area contributed by atoms with Gasteiger partial charge in [-0.25, -0.2) is 0 Å². The number of ether oxygens (including phenoxy) is 1. The van der Waals surface area contributed by atoms with Crippen LogP contribution in [0.4, 0.5) is 5.69 Å². The minimum absolute atomic E-state index is 0.121. The smallest absolute Gasteiger partial charge is 0.262 e. The Bertz CT molecular complexity index is 940. The first-order valence-electron chi connectivity index (χ1n) is 10.2. The quantitative estimate of drug-likeness (QED) is 0.552. The first kappa shape index (κ1) is 20.7. The van der Waals surface area contributed by atoms with Gasteiger partial charge in [-0.3, -0.25) is 14.5 Å². The third-order valence-corrected chi connectivity index (χ3v) is 6.17. The number of anilines is 1. The van der Waals surface area contributed by atoms with Crippen LogP contribution in [0.2, 0.25) is 0 Å². The van der Waals surface area contributed by atoms with Crippen LogP contribution in [0.3, 0.4) is 0 Å². The molecule has 0 aromatic heterocycles. The number of carbonyl (C=O) groups excluding carboxylic acids is 2. The minimum Gasteiger partial charge on any atom is -0.379 e. The summed E-state index contributed by atoms with van der Waals surface area (Å²) in [7, 11) is 0. The fourth-order valence-corrected chi connectivity index (χ4v) is 4.37. The fraction of sp³-hybridized carbons (Fsp3) is 0.304. The second-order valence-corrected chi connectivity index (χ2v) is 8.33. The van der Waals surface area contributed by atoms with E-state index in [1.54, 1.807) is 12.1 Å². The SMILES string of the molecule is O=C1Nc2cc(C(=O)NCCCN3CCOCC3)ccc2SC1=Cc1ccccc1. The first-order chi connectivity index (χ1) is 14.7. The van der Waals surface area contributed by atoms with Crippen molar-refractivity contribution in [1.29, 1.82) is 0 Å². The molecule has 0 saturated carbocycles. The van der Waals surface area contributed by atoms with Crippen LogP contribution in [0.25, 0.3) is 6.08 Å². The molecule has 2 aromatic rings. The molecule has 0 atom stereocenters. The van der Waals surface area contributed by atoms with Crippen molar-refractivity contribution in [3.05, 3.63) is 64.6 Å². The van der Waals surface area contributed by atoms with Crippen LogP contribution < -0.4 is 10.6 Å². The zero-order valence-corrected chi connectivity index (χ0v) is 17.5. The van der Waals surface area contributed by atoms with Gasteiger partial charge in [0.2, 0.25) is 0 Å². The predicted octanol–water partition coefficient (Wildman–Crippen LogP) is 3.22. The van der Waals surface area contributed by atoms with Crippen molar-refractivity contribution in [2.75, 3.05) is 44.7 Å². The van der Waals surface area contributed by atoms with Gasteiger partial charge in [0, 0.05) is 30.1 Å². The maximum absolute atomic E-state index is 12.5. The van der Waals surface area contributed by atoms with Gasteiger partial charge in [0.1, 0.15) is 0 Å². The van der Waals surface area contributed by atoms with Crippen molar-refractivity contribution in [3.63, 3.8) is 0 Å². The van der Waals surface area contributed by atoms with Crippen LogP contribution in [0.5, 0.6) is 0 Å². The van der Waals surface area contributed by atoms with Crippen molar-refractivity contribution in [2.45, 2.75) is 11.3 Å². The van der Waals surface area contributed by atoms with E-state index in [1.165, 1.54) is 11.8 Å². The molecule has 2 aliphatic rings. The zero-order chi connectivity index (χ0) is 20.8. The summed E-state index contributed by atoms with van der Waals surface area (Å²) in [6.07, 6.45) is 2.77. The van der Waals surface area contributed by atoms with E-state index in [4.69, 9.17) is 4.74 Å². The van der Waals surface area contributed by atoms with Crippen LogP contribution >= 0.6 is 11.8 Å². The molecular weight excluding hydrogens is 398 g/mol. The highest BCUT2D eigenvalue weighted by atomic mass is 32.2. The maximum atomic E-state index is 12.5. The first-order valence-corrected chi connectivity index (χ1v) is 11.0. The monoisotopic (exact) mass is 423 g/mol. The van der Waals surface area contributed by atoms with E-state index in [0.717, 1.165) is 49.7 Å². The summed E-state index contributed by atoms with van der Waals surface area (Å²) in [4.78, 5) is 28.9. The number of thioether (sulfide) groups is 1. The van der Waals surface area contributed by atoms with E-state index in [9.17, 15) is 9.59 Å². The third kappa shape index (κ3) is 5.30. The van der Waals surface area contributed by atoms with Gasteiger partial charge in [-0.05, 0) is 42.8 Å². The molecule has 6 nitrogen and oxygen atoms in total. The topological polar surface area (TPSA) is 70.7 Å². The Morgan fingerprint density at radius 2 is 1.97 bits per heavy atom. The molecule has 7 heteroatoms. The highest BCUT2D eigenvalue weighted by Gasteiger charge is 2.22. The van der Waals surface area contributed by atoms with Crippen molar-refractivity contribution < 1.29 is 14.3 Å². The van der Waals surface area contributed by atoms with Crippen LogP contribution in [-0.4, -0.2) is 56.1 Å². The number of nitrogens with one attached hydrogen (secondary N) is 2. The molecule has 4 rings (SSSR count). The van der Waals surface area contributed by atoms with Gasteiger partial charge in [0.15, 0.2) is 0 Å². The number of benzene rings is 2. The highest BCUT2D eigenvalue weighted by Crippen LogP contribution is 2.39. The molecule has 0 bridgehead atoms. The highest BCUT2D eigenvalue weighted by molar-refractivity contribution is 8.04. The molecule has 2 aliphatic heterocycles. The van der Waals surface area contributed by atoms with E-state index < -0.39 is 0 Å². The second kappa shape index (κ2) is 9.93. The van der Waals surface area contributed by atoms with Crippen LogP contribution in [-0.2, 0) is 9.53 Å². The Morgan fingerprint density at radius 3 is 2.77 bits per heavy atom. The lowest BCUT2D eigenvalue weighted by molar-refractivity contribution is -0.112. The number of amides is 2. The summed E-state index contributed by atoms with van der Waals surface area (Å²) in [6, 6.07) is 15.2. The summed E-state index contributed by atoms with van der Waals surface area (Å²) in [5.41, 5.74) is 2.21. The molecule has 2 amide bonds. The van der Waals surface area contributed by atoms with Gasteiger partial charge >= 0.3 is 0 Å². The van der Waals surface area contributed by atoms with Gasteiger partial charge in [0.05, 0.1) is 23.8 Å². The Kier molecular flexibility index (Phi) is 6.84. The van der Waals surface area contributed by atoms with Gasteiger partial charge < -0.3 is 15.4 Å². The molecule has 0 spiro atoms. The lowest BCUT2D eigenvalue weighted by atomic mass is 10.1. The number of hydrogen-bond acceptors (Lipinski definition) is 5. The van der Waals surface area contributed by atoms with Gasteiger partial charge in [0.25, 0.3) is 11.8 Å². The van der Waals surface area contributed by atoms with E-state index in [-0.39, 0.29) is 11.8 Å². The van der Waals surface area contributed by atoms with E-state index in [2.05, 4.69) is 15.5 Å². The average molecular weight is 424 g/mol. The molecule has 30 heavy (non-hydrogen) atoms. The lowest BCUT2D eigenvalue weighted by Crippen LogP contribution is -2.38. The average Bonchev–Trinajstić information content (AvgIpc) is 2.78. The molecule has 2 heterocycles. The zero-order valence-electron chi connectivity index (χ0n) is 16.7. The van der Waals surface area contributed by atoms with Crippen molar-refractivity contribution >= 4 is 35.3 Å². The van der Waals surface area contributed by atoms with Crippen molar-refractivity contribution in [3.8, 4) is 0 Å². The minimum atomic E-state index is -0.153. The van der Waals surface area contributed by atoms with Crippen LogP contribution in [0, 0.1) is 0 Å². The van der Waals surface area contributed by atoms with Gasteiger partial charge in [-0.1, -0.05) is 42.1 Å². The normalized spacial score (nSPS) is 18.0. The van der Waals surface area contributed by atoms with Crippen LogP contribution in [0.15, 0.2) is 58.3 Å². The standard InChI is InChI=1S/C23H25N3O3S/c27-22(24-9-4-10-26-11-13-29-14-12-26)18-7-8-20-19(16-18)25-23(28)21(30-20)15-17-5-2-1-3-6-17/h1-3,5-8,15-16H,4,9-14H2,(H,24,27)(H,25,28). The summed E-state index contributed by atoms with van der Waals surface area (Å²) in [5.74, 6) is -0.274. The Balaban J connectivity index is 1.34. The molecule has 0 radical (unpaired) electrons. The summed E-state index contributed by atoms with van der Waals surface area (Å²) < 4.78 is 5.34. The van der Waals surface area contributed by atoms with Crippen LogP contribution in [0.1, 0.15) is 22.3 Å². The number of carbonyl (C=O) groups is 2. The van der Waals surface area contributed by atoms with E-state index >= 15 is 0 Å². The number of morpholine rings is 1. The molecule has 2 N–H and O–H groups in total. The summed E-state index contributed by atoms with van der Waals surface area (Å²) >= 11 is 1.42. The lowest BCUT2D eigenvalue weighted by Gasteiger charge is -2.26. The summed E-state index contributed by atoms with van der Waals surface area (Å²) in [5, 5.41) is 5.88. The molecule has 1 fully saturated rings. The number of hydrogen-bond donors (Lipinski definition) is 2. The van der Waals surface area contributed by atoms with Gasteiger partial charge in [-0.2, -0.15) is 0 Å². The number of rotatable bonds is 6. The third-order valence-electron chi connectivity index (χ3n) is 5.07. The van der Waals surface area contributed by atoms with Crippen molar-refractivity contribution in [2.24, 2.45) is 0 Å². The fourth-order valence-electron chi connectivity index (χ4n) is 3.43. The predicted molar refractivity (Wildman–Crippen MR) is 120 cm³/mol. The Hall–Kier alpha value is -2.61. The maximum Gasteiger partial charge on any atom is 0.262 e. The second-order valence-electron chi connectivity index (χ2n) is 7.25. The molecule has 156 valence electrons. The van der Waals surface area contributed by atoms with E-state index in [0.29, 0.717) is 22.7 Å². The Labute approximate surface area is 180 Å². The van der Waals surface area contributed by atoms with Crippen molar-refractivity contribution in [1.82, 2.24) is 10.2 Å². The van der Waals surface area contributed by atoms with Gasteiger partial charge in [-0.15, -0.1) is 0 Å². The molecule has 2 aromatic carbocycles.